The Balaban J connectivity index is 1.24. The molecule has 0 saturated carbocycles. The van der Waals surface area contributed by atoms with Gasteiger partial charge in [0.1, 0.15) is 5.54 Å². The van der Waals surface area contributed by atoms with Crippen LogP contribution in [0.3, 0.4) is 0 Å². The summed E-state index contributed by atoms with van der Waals surface area (Å²) in [6.45, 7) is 0.985. The fraction of sp³-hybridized carbons (Fsp3) is 0.118. The highest BCUT2D eigenvalue weighted by atomic mass is 16.5. The molecule has 270 valence electrons. The number of hydrogen-bond acceptors (Lipinski definition) is 3. The van der Waals surface area contributed by atoms with Gasteiger partial charge in [0.05, 0.1) is 30.8 Å². The number of hydrogen-bond donors (Lipinski definition) is 1. The van der Waals surface area contributed by atoms with Gasteiger partial charge in [0.15, 0.2) is 0 Å². The summed E-state index contributed by atoms with van der Waals surface area (Å²) in [4.78, 5) is 5.18. The normalized spacial score (nSPS) is 12.3. The Labute approximate surface area is 324 Å². The van der Waals surface area contributed by atoms with Gasteiger partial charge in [0.25, 0.3) is 0 Å². The van der Waals surface area contributed by atoms with Gasteiger partial charge in [0, 0.05) is 18.7 Å². The number of nitrogens with zero attached hydrogens (tertiary/aromatic N) is 2. The van der Waals surface area contributed by atoms with Crippen LogP contribution in [0.15, 0.2) is 225 Å². The molecule has 0 spiro atoms. The molecule has 1 atom stereocenters. The van der Waals surface area contributed by atoms with Gasteiger partial charge in [-0.3, -0.25) is 5.32 Å². The molecule has 0 unspecified atom stereocenters. The Morgan fingerprint density at radius 1 is 0.473 bits per heavy atom. The van der Waals surface area contributed by atoms with Crippen molar-refractivity contribution in [1.82, 2.24) is 14.9 Å². The van der Waals surface area contributed by atoms with Gasteiger partial charge in [-0.15, -0.1) is 0 Å². The Morgan fingerprint density at radius 3 is 1.24 bits per heavy atom. The van der Waals surface area contributed by atoms with Crippen molar-refractivity contribution < 1.29 is 4.74 Å². The monoisotopic (exact) mass is 715 g/mol. The molecule has 0 aliphatic rings. The highest BCUT2D eigenvalue weighted by molar-refractivity contribution is 5.52. The molecular weight excluding hydrogens is 671 g/mol. The van der Waals surface area contributed by atoms with E-state index in [4.69, 9.17) is 9.72 Å². The summed E-state index contributed by atoms with van der Waals surface area (Å²) >= 11 is 0. The fourth-order valence-corrected chi connectivity index (χ4v) is 8.06. The Kier molecular flexibility index (Phi) is 10.9. The van der Waals surface area contributed by atoms with Crippen LogP contribution < -0.4 is 5.32 Å². The number of rotatable bonds is 15. The maximum Gasteiger partial charge on any atom is 0.121 e. The van der Waals surface area contributed by atoms with E-state index in [1.54, 1.807) is 0 Å². The van der Waals surface area contributed by atoms with Crippen LogP contribution in [0, 0.1) is 0 Å². The number of nitrogens with one attached hydrogen (secondary N) is 1. The van der Waals surface area contributed by atoms with E-state index in [9.17, 15) is 0 Å². The predicted molar refractivity (Wildman–Crippen MR) is 223 cm³/mol. The molecule has 0 fully saturated rings. The third-order valence-electron chi connectivity index (χ3n) is 10.5. The van der Waals surface area contributed by atoms with E-state index in [1.165, 1.54) is 0 Å². The van der Waals surface area contributed by atoms with Crippen LogP contribution in [0.2, 0.25) is 0 Å². The largest absolute Gasteiger partial charge is 0.375 e. The first-order valence-corrected chi connectivity index (χ1v) is 19.0. The van der Waals surface area contributed by atoms with Crippen LogP contribution in [-0.4, -0.2) is 22.2 Å². The minimum Gasteiger partial charge on any atom is -0.375 e. The third kappa shape index (κ3) is 7.43. The summed E-state index contributed by atoms with van der Waals surface area (Å²) in [7, 11) is 0. The smallest absolute Gasteiger partial charge is 0.121 e. The summed E-state index contributed by atoms with van der Waals surface area (Å²) in [6, 6.07) is 74.8. The molecule has 7 aromatic carbocycles. The lowest BCUT2D eigenvalue weighted by Gasteiger charge is -2.40. The number of aromatic nitrogens is 2. The summed E-state index contributed by atoms with van der Waals surface area (Å²) in [5.41, 5.74) is 7.74. The second-order valence-corrected chi connectivity index (χ2v) is 14.0. The first-order chi connectivity index (χ1) is 27.3. The molecule has 0 amide bonds. The van der Waals surface area contributed by atoms with Crippen molar-refractivity contribution in [3.63, 3.8) is 0 Å². The van der Waals surface area contributed by atoms with E-state index in [2.05, 4.69) is 222 Å². The van der Waals surface area contributed by atoms with Gasteiger partial charge in [-0.25, -0.2) is 4.98 Å². The predicted octanol–water partition coefficient (Wildman–Crippen LogP) is 10.4. The molecule has 4 nitrogen and oxygen atoms in total. The lowest BCUT2D eigenvalue weighted by atomic mass is 9.76. The van der Waals surface area contributed by atoms with Crippen molar-refractivity contribution >= 4 is 0 Å². The molecule has 55 heavy (non-hydrogen) atoms. The molecule has 0 aliphatic carbocycles. The number of benzene rings is 7. The van der Waals surface area contributed by atoms with Crippen molar-refractivity contribution in [2.75, 3.05) is 6.61 Å². The van der Waals surface area contributed by atoms with E-state index in [-0.39, 0.29) is 6.04 Å². The molecule has 0 bridgehead atoms. The van der Waals surface area contributed by atoms with E-state index >= 15 is 0 Å². The van der Waals surface area contributed by atoms with E-state index < -0.39 is 11.1 Å². The zero-order valence-corrected chi connectivity index (χ0v) is 30.9. The quantitative estimate of drug-likeness (QED) is 0.107. The van der Waals surface area contributed by atoms with Gasteiger partial charge < -0.3 is 9.30 Å². The summed E-state index contributed by atoms with van der Waals surface area (Å²) in [5.74, 6) is 0. The van der Waals surface area contributed by atoms with Crippen molar-refractivity contribution in [3.8, 4) is 0 Å². The number of ether oxygens (including phenoxy) is 1. The second-order valence-electron chi connectivity index (χ2n) is 14.0. The molecular formula is C51H45N3O. The summed E-state index contributed by atoms with van der Waals surface area (Å²) in [6.07, 6.45) is 4.86. The molecule has 0 aliphatic heterocycles. The number of imidazole rings is 1. The zero-order valence-electron chi connectivity index (χ0n) is 30.9. The molecule has 1 N–H and O–H groups in total. The summed E-state index contributed by atoms with van der Waals surface area (Å²) < 4.78 is 8.89. The lowest BCUT2D eigenvalue weighted by Crippen LogP contribution is -2.52. The van der Waals surface area contributed by atoms with Crippen LogP contribution >= 0.6 is 0 Å². The highest BCUT2D eigenvalue weighted by Gasteiger charge is 2.40. The highest BCUT2D eigenvalue weighted by Crippen LogP contribution is 2.41. The molecule has 0 radical (unpaired) electrons. The van der Waals surface area contributed by atoms with Gasteiger partial charge in [-0.1, -0.05) is 212 Å². The van der Waals surface area contributed by atoms with Crippen molar-refractivity contribution in [3.05, 3.63) is 269 Å². The molecule has 1 aromatic heterocycles. The van der Waals surface area contributed by atoms with Crippen LogP contribution in [0.5, 0.6) is 0 Å². The first kappa shape index (κ1) is 35.7. The van der Waals surface area contributed by atoms with E-state index in [0.717, 1.165) is 44.6 Å². The molecule has 4 heteroatoms. The first-order valence-electron chi connectivity index (χ1n) is 19.0. The van der Waals surface area contributed by atoms with Crippen molar-refractivity contribution in [2.45, 2.75) is 30.1 Å². The van der Waals surface area contributed by atoms with E-state index in [0.29, 0.717) is 19.6 Å². The van der Waals surface area contributed by atoms with E-state index in [1.807, 2.05) is 12.4 Å². The third-order valence-corrected chi connectivity index (χ3v) is 10.5. The Hall–Kier alpha value is -6.33. The maximum atomic E-state index is 6.59. The molecule has 0 saturated heterocycles. The van der Waals surface area contributed by atoms with Crippen molar-refractivity contribution in [1.29, 1.82) is 0 Å². The Morgan fingerprint density at radius 2 is 0.836 bits per heavy atom. The minimum absolute atomic E-state index is 0.132. The molecule has 8 rings (SSSR count). The van der Waals surface area contributed by atoms with Gasteiger partial charge >= 0.3 is 0 Å². The lowest BCUT2D eigenvalue weighted by molar-refractivity contribution is 0.0920. The Bertz CT molecular complexity index is 2140. The maximum absolute atomic E-state index is 6.59. The van der Waals surface area contributed by atoms with Crippen LogP contribution in [0.25, 0.3) is 0 Å². The summed E-state index contributed by atoms with van der Waals surface area (Å²) in [5, 5.41) is 4.22. The second kappa shape index (κ2) is 16.8. The standard InChI is InChI=1S/C51H45N3O/c1-8-22-41(23-9-1)38-55-39-49(53-50(42-24-10-2-11-25-42,43-26-12-3-13-27-43)44-28-14-4-15-29-44)36-48-37-54(40-52-48)51(45-30-16-5-17-31-45,46-32-18-6-19-33-46)47-34-20-7-21-35-47/h1-35,37,40,49,53H,36,38-39H2/t49-/m1/s1. The fourth-order valence-electron chi connectivity index (χ4n) is 8.06. The average molecular weight is 716 g/mol. The van der Waals surface area contributed by atoms with Crippen LogP contribution in [0.4, 0.5) is 0 Å². The minimum atomic E-state index is -0.672. The molecule has 8 aromatic rings. The van der Waals surface area contributed by atoms with Gasteiger partial charge in [-0.2, -0.15) is 0 Å². The topological polar surface area (TPSA) is 39.1 Å². The van der Waals surface area contributed by atoms with Crippen LogP contribution in [0.1, 0.15) is 44.6 Å². The van der Waals surface area contributed by atoms with Gasteiger partial charge in [0.2, 0.25) is 0 Å². The van der Waals surface area contributed by atoms with Crippen molar-refractivity contribution in [2.24, 2.45) is 0 Å². The molecule has 1 heterocycles. The van der Waals surface area contributed by atoms with Gasteiger partial charge in [-0.05, 0) is 38.9 Å². The average Bonchev–Trinajstić information content (AvgIpc) is 3.74. The van der Waals surface area contributed by atoms with Crippen LogP contribution in [-0.2, 0) is 28.8 Å². The zero-order chi connectivity index (χ0) is 37.2. The SMILES string of the molecule is c1ccc(COC[C@@H](Cc2cn(C(c3ccccc3)(c3ccccc3)c3ccccc3)cn2)NC(c2ccccc2)(c2ccccc2)c2ccccc2)cc1.